The Hall–Kier alpha value is -1.31. The lowest BCUT2D eigenvalue weighted by Crippen LogP contribution is -2.28. The van der Waals surface area contributed by atoms with E-state index in [0.717, 1.165) is 24.1 Å². The van der Waals surface area contributed by atoms with Gasteiger partial charge < -0.3 is 5.32 Å². The molecule has 86 valence electrons. The van der Waals surface area contributed by atoms with Gasteiger partial charge in [0.2, 0.25) is 0 Å². The molecule has 1 aromatic carbocycles. The molecule has 0 bridgehead atoms. The normalized spacial score (nSPS) is 17.5. The number of hydrogen-bond acceptors (Lipinski definition) is 2. The molecule has 1 aliphatic heterocycles. The molecule has 1 aromatic rings. The molecule has 2 rings (SSSR count). The predicted octanol–water partition coefficient (Wildman–Crippen LogP) is 3.29. The number of Topliss-reactive ketones (excluding diaryl/α,β-unsaturated/α-hetero) is 1. The number of anilines is 1. The van der Waals surface area contributed by atoms with Crippen LogP contribution in [-0.2, 0) is 5.41 Å². The summed E-state index contributed by atoms with van der Waals surface area (Å²) in [7, 11) is 0. The highest BCUT2D eigenvalue weighted by molar-refractivity contribution is 5.96. The topological polar surface area (TPSA) is 29.1 Å². The van der Waals surface area contributed by atoms with Gasteiger partial charge in [-0.3, -0.25) is 4.79 Å². The van der Waals surface area contributed by atoms with E-state index in [4.69, 9.17) is 0 Å². The molecule has 2 heteroatoms. The third-order valence-electron chi connectivity index (χ3n) is 3.54. The summed E-state index contributed by atoms with van der Waals surface area (Å²) in [5.74, 6) is 0.154. The van der Waals surface area contributed by atoms with Crippen LogP contribution in [0.1, 0.15) is 48.7 Å². The van der Waals surface area contributed by atoms with Crippen molar-refractivity contribution in [2.75, 3.05) is 11.9 Å². The third kappa shape index (κ3) is 1.73. The fraction of sp³-hybridized carbons (Fsp3) is 0.500. The highest BCUT2D eigenvalue weighted by Crippen LogP contribution is 2.38. The van der Waals surface area contributed by atoms with E-state index in [1.807, 2.05) is 6.92 Å². The van der Waals surface area contributed by atoms with Gasteiger partial charge in [-0.15, -0.1) is 0 Å². The molecular formula is C14H19NO. The minimum atomic E-state index is 0.154. The lowest BCUT2D eigenvalue weighted by molar-refractivity contribution is 0.101. The van der Waals surface area contributed by atoms with Gasteiger partial charge in [0.25, 0.3) is 0 Å². The Morgan fingerprint density at radius 2 is 2.06 bits per heavy atom. The second kappa shape index (κ2) is 3.62. The van der Waals surface area contributed by atoms with Gasteiger partial charge in [0.15, 0.2) is 5.78 Å². The van der Waals surface area contributed by atoms with Gasteiger partial charge in [-0.2, -0.15) is 0 Å². The molecular weight excluding hydrogens is 198 g/mol. The molecule has 0 unspecified atom stereocenters. The molecule has 2 nitrogen and oxygen atoms in total. The Bertz CT molecular complexity index is 446. The van der Waals surface area contributed by atoms with E-state index >= 15 is 0 Å². The fourth-order valence-electron chi connectivity index (χ4n) is 2.44. The van der Waals surface area contributed by atoms with Gasteiger partial charge in [-0.1, -0.05) is 13.8 Å². The SMILES string of the molecule is CC(=O)c1cc2c(cc1C)NCCC2(C)C. The number of ketones is 1. The second-order valence-corrected chi connectivity index (χ2v) is 5.33. The van der Waals surface area contributed by atoms with E-state index in [0.29, 0.717) is 0 Å². The van der Waals surface area contributed by atoms with Crippen molar-refractivity contribution in [2.45, 2.75) is 39.5 Å². The second-order valence-electron chi connectivity index (χ2n) is 5.33. The first-order valence-corrected chi connectivity index (χ1v) is 5.82. The molecule has 0 fully saturated rings. The standard InChI is InChI=1S/C14H19NO/c1-9-7-13-12(8-11(9)10(2)16)14(3,4)5-6-15-13/h7-8,15H,5-6H2,1-4H3. The van der Waals surface area contributed by atoms with Crippen molar-refractivity contribution in [2.24, 2.45) is 0 Å². The molecule has 0 saturated heterocycles. The number of carbonyl (C=O) groups excluding carboxylic acids is 1. The summed E-state index contributed by atoms with van der Waals surface area (Å²) in [4.78, 5) is 11.5. The molecule has 0 spiro atoms. The van der Waals surface area contributed by atoms with Crippen LogP contribution in [0.15, 0.2) is 12.1 Å². The molecule has 0 radical (unpaired) electrons. The lowest BCUT2D eigenvalue weighted by Gasteiger charge is -2.34. The average molecular weight is 217 g/mol. The number of carbonyl (C=O) groups is 1. The van der Waals surface area contributed by atoms with Crippen molar-refractivity contribution in [3.05, 3.63) is 28.8 Å². The zero-order valence-corrected chi connectivity index (χ0v) is 10.5. The molecule has 0 saturated carbocycles. The van der Waals surface area contributed by atoms with Crippen LogP contribution < -0.4 is 5.32 Å². The van der Waals surface area contributed by atoms with Crippen LogP contribution in [0.4, 0.5) is 5.69 Å². The smallest absolute Gasteiger partial charge is 0.160 e. The van der Waals surface area contributed by atoms with Crippen molar-refractivity contribution in [1.29, 1.82) is 0 Å². The number of hydrogen-bond donors (Lipinski definition) is 1. The van der Waals surface area contributed by atoms with Gasteiger partial charge in [0, 0.05) is 17.8 Å². The van der Waals surface area contributed by atoms with Crippen LogP contribution in [-0.4, -0.2) is 12.3 Å². The number of nitrogens with one attached hydrogen (secondary N) is 1. The molecule has 16 heavy (non-hydrogen) atoms. The molecule has 0 amide bonds. The maximum Gasteiger partial charge on any atom is 0.160 e. The van der Waals surface area contributed by atoms with Crippen LogP contribution >= 0.6 is 0 Å². The van der Waals surface area contributed by atoms with Crippen molar-refractivity contribution in [3.8, 4) is 0 Å². The summed E-state index contributed by atoms with van der Waals surface area (Å²) in [6, 6.07) is 4.17. The monoisotopic (exact) mass is 217 g/mol. The zero-order valence-electron chi connectivity index (χ0n) is 10.5. The molecule has 0 atom stereocenters. The van der Waals surface area contributed by atoms with Crippen LogP contribution in [0.3, 0.4) is 0 Å². The van der Waals surface area contributed by atoms with E-state index in [1.54, 1.807) is 6.92 Å². The summed E-state index contributed by atoms with van der Waals surface area (Å²) in [6.45, 7) is 9.13. The average Bonchev–Trinajstić information content (AvgIpc) is 2.15. The van der Waals surface area contributed by atoms with Crippen LogP contribution in [0.25, 0.3) is 0 Å². The molecule has 1 heterocycles. The number of fused-ring (bicyclic) bond motifs is 1. The molecule has 1 N–H and O–H groups in total. The van der Waals surface area contributed by atoms with E-state index in [1.165, 1.54) is 11.3 Å². The number of aryl methyl sites for hydroxylation is 1. The first-order valence-electron chi connectivity index (χ1n) is 5.82. The van der Waals surface area contributed by atoms with Gasteiger partial charge in [-0.05, 0) is 48.9 Å². The van der Waals surface area contributed by atoms with Crippen LogP contribution in [0.5, 0.6) is 0 Å². The number of rotatable bonds is 1. The molecule has 1 aliphatic rings. The fourth-order valence-corrected chi connectivity index (χ4v) is 2.44. The Balaban J connectivity index is 2.62. The minimum Gasteiger partial charge on any atom is -0.385 e. The van der Waals surface area contributed by atoms with Gasteiger partial charge in [0.1, 0.15) is 0 Å². The third-order valence-corrected chi connectivity index (χ3v) is 3.54. The first kappa shape index (κ1) is 11.2. The van der Waals surface area contributed by atoms with Crippen molar-refractivity contribution in [1.82, 2.24) is 0 Å². The summed E-state index contributed by atoms with van der Waals surface area (Å²) >= 11 is 0. The van der Waals surface area contributed by atoms with Crippen LogP contribution in [0.2, 0.25) is 0 Å². The van der Waals surface area contributed by atoms with Crippen molar-refractivity contribution < 1.29 is 4.79 Å². The van der Waals surface area contributed by atoms with E-state index < -0.39 is 0 Å². The summed E-state index contributed by atoms with van der Waals surface area (Å²) in [5.41, 5.74) is 4.55. The van der Waals surface area contributed by atoms with Gasteiger partial charge in [0.05, 0.1) is 0 Å². The highest BCUT2D eigenvalue weighted by atomic mass is 16.1. The predicted molar refractivity (Wildman–Crippen MR) is 67.3 cm³/mol. The Morgan fingerprint density at radius 1 is 1.38 bits per heavy atom. The Labute approximate surface area is 97.1 Å². The number of benzene rings is 1. The maximum atomic E-state index is 11.5. The molecule has 0 aliphatic carbocycles. The minimum absolute atomic E-state index is 0.154. The summed E-state index contributed by atoms with van der Waals surface area (Å²) < 4.78 is 0. The van der Waals surface area contributed by atoms with Crippen molar-refractivity contribution >= 4 is 11.5 Å². The lowest BCUT2D eigenvalue weighted by atomic mass is 9.77. The molecule has 0 aromatic heterocycles. The summed E-state index contributed by atoms with van der Waals surface area (Å²) in [6.07, 6.45) is 1.11. The largest absolute Gasteiger partial charge is 0.385 e. The van der Waals surface area contributed by atoms with E-state index in [2.05, 4.69) is 31.3 Å². The Kier molecular flexibility index (Phi) is 2.53. The van der Waals surface area contributed by atoms with Crippen LogP contribution in [0, 0.1) is 6.92 Å². The Morgan fingerprint density at radius 3 is 2.69 bits per heavy atom. The van der Waals surface area contributed by atoms with E-state index in [9.17, 15) is 4.79 Å². The van der Waals surface area contributed by atoms with E-state index in [-0.39, 0.29) is 11.2 Å². The highest BCUT2D eigenvalue weighted by Gasteiger charge is 2.28. The van der Waals surface area contributed by atoms with Gasteiger partial charge >= 0.3 is 0 Å². The first-order chi connectivity index (χ1) is 7.42. The van der Waals surface area contributed by atoms with Crippen molar-refractivity contribution in [3.63, 3.8) is 0 Å². The quantitative estimate of drug-likeness (QED) is 0.731. The summed E-state index contributed by atoms with van der Waals surface area (Å²) in [5, 5.41) is 3.41. The maximum absolute atomic E-state index is 11.5. The zero-order chi connectivity index (χ0) is 11.9. The van der Waals surface area contributed by atoms with Gasteiger partial charge in [-0.25, -0.2) is 0 Å².